The first-order valence-corrected chi connectivity index (χ1v) is 9.46. The molecule has 1 aliphatic heterocycles. The average molecular weight is 430 g/mol. The van der Waals surface area contributed by atoms with Gasteiger partial charge in [0.2, 0.25) is 0 Å². The van der Waals surface area contributed by atoms with Crippen LogP contribution in [-0.2, 0) is 0 Å². The van der Waals surface area contributed by atoms with Crippen LogP contribution in [0.4, 0.5) is 10.1 Å². The number of carbonyl (C=O) groups excluding carboxylic acids is 1. The highest BCUT2D eigenvalue weighted by atomic mass is 79.9. The molecule has 2 heterocycles. The van der Waals surface area contributed by atoms with Crippen molar-refractivity contribution in [2.45, 2.75) is 12.8 Å². The maximum atomic E-state index is 14.3. The first-order valence-electron chi connectivity index (χ1n) is 8.67. The molecular weight excluding hydrogens is 413 g/mol. The maximum Gasteiger partial charge on any atom is 0.307 e. The monoisotopic (exact) mass is 429 g/mol. The largest absolute Gasteiger partial charge is 0.451 e. The van der Waals surface area contributed by atoms with E-state index in [-0.39, 0.29) is 11.6 Å². The van der Waals surface area contributed by atoms with Crippen molar-refractivity contribution in [3.05, 3.63) is 64.1 Å². The summed E-state index contributed by atoms with van der Waals surface area (Å²) < 4.78 is 20.7. The van der Waals surface area contributed by atoms with E-state index in [9.17, 15) is 9.18 Å². The molecule has 1 aliphatic rings. The van der Waals surface area contributed by atoms with Crippen LogP contribution in [0.15, 0.2) is 56.5 Å². The molecule has 0 radical (unpaired) electrons. The molecule has 4 rings (SSSR count). The van der Waals surface area contributed by atoms with Crippen LogP contribution in [-0.4, -0.2) is 25.2 Å². The van der Waals surface area contributed by atoms with Gasteiger partial charge in [0.05, 0.1) is 11.9 Å². The molecule has 1 fully saturated rings. The standard InChI is InChI=1S/C20H17BrFN3O2/c21-15-4-6-18-14(10-15)11-19(27-18)20(26)24-23-12-13-3-5-17(16(22)9-13)25-7-1-2-8-25/h3-6,9-12H,1-2,7-8H2,(H,24,26)/b23-12+. The van der Waals surface area contributed by atoms with Crippen molar-refractivity contribution in [3.63, 3.8) is 0 Å². The molecule has 27 heavy (non-hydrogen) atoms. The molecule has 1 aromatic heterocycles. The maximum absolute atomic E-state index is 14.3. The fourth-order valence-electron chi connectivity index (χ4n) is 3.16. The lowest BCUT2D eigenvalue weighted by Gasteiger charge is -2.18. The highest BCUT2D eigenvalue weighted by Gasteiger charge is 2.16. The fraction of sp³-hybridized carbons (Fsp3) is 0.200. The van der Waals surface area contributed by atoms with E-state index in [1.54, 1.807) is 24.3 Å². The van der Waals surface area contributed by atoms with Gasteiger partial charge in [-0.2, -0.15) is 5.10 Å². The minimum atomic E-state index is -0.465. The van der Waals surface area contributed by atoms with Crippen LogP contribution in [0, 0.1) is 5.82 Å². The van der Waals surface area contributed by atoms with E-state index in [1.807, 2.05) is 17.0 Å². The van der Waals surface area contributed by atoms with Gasteiger partial charge in [-0.15, -0.1) is 0 Å². The molecule has 1 saturated heterocycles. The minimum Gasteiger partial charge on any atom is -0.451 e. The number of halogens is 2. The first kappa shape index (κ1) is 17.7. The second-order valence-corrected chi connectivity index (χ2v) is 7.31. The summed E-state index contributed by atoms with van der Waals surface area (Å²) >= 11 is 3.38. The Morgan fingerprint density at radius 2 is 2.00 bits per heavy atom. The van der Waals surface area contributed by atoms with Gasteiger partial charge in [-0.05, 0) is 54.8 Å². The average Bonchev–Trinajstić information content (AvgIpc) is 3.31. The highest BCUT2D eigenvalue weighted by molar-refractivity contribution is 9.10. The van der Waals surface area contributed by atoms with Gasteiger partial charge in [0.15, 0.2) is 5.76 Å². The van der Waals surface area contributed by atoms with Crippen molar-refractivity contribution < 1.29 is 13.6 Å². The molecular formula is C20H17BrFN3O2. The number of carbonyl (C=O) groups is 1. The molecule has 0 aliphatic carbocycles. The van der Waals surface area contributed by atoms with E-state index in [0.717, 1.165) is 35.8 Å². The van der Waals surface area contributed by atoms with Crippen molar-refractivity contribution in [3.8, 4) is 0 Å². The lowest BCUT2D eigenvalue weighted by Crippen LogP contribution is -2.19. The summed E-state index contributed by atoms with van der Waals surface area (Å²) in [6.07, 6.45) is 3.59. The molecule has 7 heteroatoms. The quantitative estimate of drug-likeness (QED) is 0.482. The third-order valence-electron chi connectivity index (χ3n) is 4.50. The number of benzene rings is 2. The number of fused-ring (bicyclic) bond motifs is 1. The zero-order chi connectivity index (χ0) is 18.8. The van der Waals surface area contributed by atoms with Crippen LogP contribution in [0.2, 0.25) is 0 Å². The minimum absolute atomic E-state index is 0.163. The Kier molecular flexibility index (Phi) is 4.94. The van der Waals surface area contributed by atoms with Gasteiger partial charge in [-0.3, -0.25) is 4.79 Å². The number of hydrazone groups is 1. The first-order chi connectivity index (χ1) is 13.1. The van der Waals surface area contributed by atoms with Crippen LogP contribution in [0.25, 0.3) is 11.0 Å². The van der Waals surface area contributed by atoms with Crippen LogP contribution < -0.4 is 10.3 Å². The number of rotatable bonds is 4. The summed E-state index contributed by atoms with van der Waals surface area (Å²) in [6.45, 7) is 1.77. The zero-order valence-electron chi connectivity index (χ0n) is 14.4. The number of nitrogens with one attached hydrogen (secondary N) is 1. The third kappa shape index (κ3) is 3.88. The fourth-order valence-corrected chi connectivity index (χ4v) is 3.54. The summed E-state index contributed by atoms with van der Waals surface area (Å²) in [6, 6.07) is 12.1. The second kappa shape index (κ2) is 7.52. The molecule has 0 bridgehead atoms. The molecule has 138 valence electrons. The predicted molar refractivity (Wildman–Crippen MR) is 107 cm³/mol. The second-order valence-electron chi connectivity index (χ2n) is 6.40. The summed E-state index contributed by atoms with van der Waals surface area (Å²) in [5.74, 6) is -0.585. The third-order valence-corrected chi connectivity index (χ3v) is 4.99. The smallest absolute Gasteiger partial charge is 0.307 e. The molecule has 1 amide bonds. The van der Waals surface area contributed by atoms with E-state index in [1.165, 1.54) is 12.3 Å². The molecule has 1 N–H and O–H groups in total. The number of anilines is 1. The van der Waals surface area contributed by atoms with Gasteiger partial charge in [-0.25, -0.2) is 9.82 Å². The Labute approximate surface area is 164 Å². The molecule has 0 spiro atoms. The summed E-state index contributed by atoms with van der Waals surface area (Å²) in [5, 5.41) is 4.72. The van der Waals surface area contributed by atoms with E-state index in [0.29, 0.717) is 16.8 Å². The Balaban J connectivity index is 1.43. The number of hydrogen-bond donors (Lipinski definition) is 1. The summed E-state index contributed by atoms with van der Waals surface area (Å²) in [5.41, 5.74) is 4.21. The van der Waals surface area contributed by atoms with E-state index < -0.39 is 5.91 Å². The Morgan fingerprint density at radius 1 is 1.19 bits per heavy atom. The van der Waals surface area contributed by atoms with Crippen LogP contribution in [0.1, 0.15) is 29.0 Å². The van der Waals surface area contributed by atoms with Gasteiger partial charge in [0.25, 0.3) is 0 Å². The number of amides is 1. The van der Waals surface area contributed by atoms with Crippen molar-refractivity contribution in [2.75, 3.05) is 18.0 Å². The van der Waals surface area contributed by atoms with Gasteiger partial charge in [0, 0.05) is 22.9 Å². The van der Waals surface area contributed by atoms with Crippen molar-refractivity contribution in [1.29, 1.82) is 0 Å². The lowest BCUT2D eigenvalue weighted by molar-refractivity contribution is 0.0929. The van der Waals surface area contributed by atoms with Crippen molar-refractivity contribution >= 4 is 44.7 Å². The van der Waals surface area contributed by atoms with Crippen LogP contribution >= 0.6 is 15.9 Å². The lowest BCUT2D eigenvalue weighted by atomic mass is 10.2. The summed E-state index contributed by atoms with van der Waals surface area (Å²) in [7, 11) is 0. The molecule has 2 aromatic carbocycles. The number of hydrogen-bond acceptors (Lipinski definition) is 4. The molecule has 5 nitrogen and oxygen atoms in total. The SMILES string of the molecule is O=C(N/N=C/c1ccc(N2CCCC2)c(F)c1)c1cc2cc(Br)ccc2o1. The van der Waals surface area contributed by atoms with Gasteiger partial charge < -0.3 is 9.32 Å². The summed E-state index contributed by atoms with van der Waals surface area (Å²) in [4.78, 5) is 14.2. The van der Waals surface area contributed by atoms with E-state index >= 15 is 0 Å². The number of nitrogens with zero attached hydrogens (tertiary/aromatic N) is 2. The van der Waals surface area contributed by atoms with Gasteiger partial charge in [-0.1, -0.05) is 22.0 Å². The molecule has 3 aromatic rings. The Hall–Kier alpha value is -2.67. The van der Waals surface area contributed by atoms with E-state index in [4.69, 9.17) is 4.42 Å². The highest BCUT2D eigenvalue weighted by Crippen LogP contribution is 2.24. The van der Waals surface area contributed by atoms with Crippen LogP contribution in [0.5, 0.6) is 0 Å². The normalized spacial score (nSPS) is 14.4. The number of furan rings is 1. The van der Waals surface area contributed by atoms with Crippen molar-refractivity contribution in [1.82, 2.24) is 5.43 Å². The topological polar surface area (TPSA) is 57.8 Å². The van der Waals surface area contributed by atoms with Gasteiger partial charge in [0.1, 0.15) is 11.4 Å². The predicted octanol–water partition coefficient (Wildman–Crippen LogP) is 4.70. The van der Waals surface area contributed by atoms with Gasteiger partial charge >= 0.3 is 5.91 Å². The Bertz CT molecular complexity index is 1030. The zero-order valence-corrected chi connectivity index (χ0v) is 16.0. The molecule has 0 unspecified atom stereocenters. The molecule has 0 saturated carbocycles. The Morgan fingerprint density at radius 3 is 2.78 bits per heavy atom. The van der Waals surface area contributed by atoms with Crippen LogP contribution in [0.3, 0.4) is 0 Å². The van der Waals surface area contributed by atoms with E-state index in [2.05, 4.69) is 26.5 Å². The van der Waals surface area contributed by atoms with Crippen molar-refractivity contribution in [2.24, 2.45) is 5.10 Å². The molecule has 0 atom stereocenters.